The fourth-order valence-electron chi connectivity index (χ4n) is 0.836. The van der Waals surface area contributed by atoms with E-state index in [0.717, 1.165) is 0 Å². The van der Waals surface area contributed by atoms with E-state index in [-0.39, 0.29) is 6.54 Å². The largest absolute Gasteiger partial charge is 0.343 e. The maximum absolute atomic E-state index is 11.0. The number of rotatable bonds is 6. The molecule has 0 saturated heterocycles. The van der Waals surface area contributed by atoms with E-state index in [4.69, 9.17) is 10.9 Å². The van der Waals surface area contributed by atoms with Gasteiger partial charge in [0.25, 0.3) is 5.91 Å². The molecule has 0 fully saturated rings. The molecule has 2 amide bonds. The van der Waals surface area contributed by atoms with Gasteiger partial charge in [0.1, 0.15) is 6.04 Å². The number of nitrogens with two attached hydrogens (primary N) is 1. The second-order valence-electron chi connectivity index (χ2n) is 2.58. The van der Waals surface area contributed by atoms with Crippen LogP contribution in [0.3, 0.4) is 0 Å². The van der Waals surface area contributed by atoms with Gasteiger partial charge in [-0.25, -0.2) is 5.48 Å². The summed E-state index contributed by atoms with van der Waals surface area (Å²) in [6, 6.07) is -0.719. The summed E-state index contributed by atoms with van der Waals surface area (Å²) in [7, 11) is 0. The zero-order valence-corrected chi connectivity index (χ0v) is 8.76. The molecular formula is C7H15N3O3S. The van der Waals surface area contributed by atoms with Crippen molar-refractivity contribution in [1.29, 1.82) is 0 Å². The third kappa shape index (κ3) is 5.05. The van der Waals surface area contributed by atoms with Gasteiger partial charge >= 0.3 is 0 Å². The fourth-order valence-corrected chi connectivity index (χ4v) is 1.31. The molecule has 0 bridgehead atoms. The molecule has 0 unspecified atom stereocenters. The van der Waals surface area contributed by atoms with Crippen LogP contribution in [0.4, 0.5) is 0 Å². The van der Waals surface area contributed by atoms with Gasteiger partial charge in [-0.15, -0.1) is 0 Å². The summed E-state index contributed by atoms with van der Waals surface area (Å²) in [6.07, 6.45) is 2.35. The summed E-state index contributed by atoms with van der Waals surface area (Å²) in [5, 5.41) is 10.8. The summed E-state index contributed by atoms with van der Waals surface area (Å²) >= 11 is 1.55. The molecule has 6 nitrogen and oxygen atoms in total. The molecule has 7 heteroatoms. The Morgan fingerprint density at radius 3 is 2.64 bits per heavy atom. The third-order valence-electron chi connectivity index (χ3n) is 1.56. The average Bonchev–Trinajstić information content (AvgIpc) is 2.22. The van der Waals surface area contributed by atoms with Crippen LogP contribution in [0.15, 0.2) is 0 Å². The van der Waals surface area contributed by atoms with Gasteiger partial charge in [0.15, 0.2) is 0 Å². The van der Waals surface area contributed by atoms with Crippen LogP contribution in [-0.4, -0.2) is 41.6 Å². The SMILES string of the molecule is CSCC[C@H](NC(=O)CN)C(=O)NO. The Morgan fingerprint density at radius 2 is 2.21 bits per heavy atom. The molecule has 0 aliphatic carbocycles. The van der Waals surface area contributed by atoms with E-state index in [0.29, 0.717) is 12.2 Å². The van der Waals surface area contributed by atoms with Gasteiger partial charge in [-0.2, -0.15) is 11.8 Å². The Morgan fingerprint density at radius 1 is 1.57 bits per heavy atom. The minimum Gasteiger partial charge on any atom is -0.343 e. The number of hydroxylamine groups is 1. The maximum Gasteiger partial charge on any atom is 0.265 e. The summed E-state index contributed by atoms with van der Waals surface area (Å²) in [6.45, 7) is -0.172. The van der Waals surface area contributed by atoms with Crippen LogP contribution in [0.2, 0.25) is 0 Å². The topological polar surface area (TPSA) is 104 Å². The Bertz CT molecular complexity index is 201. The first kappa shape index (κ1) is 13.2. The standard InChI is InChI=1S/C7H15N3O3S/c1-14-3-2-5(7(12)10-13)9-6(11)4-8/h5,13H,2-4,8H2,1H3,(H,9,11)(H,10,12)/t5-/m0/s1. The summed E-state index contributed by atoms with van der Waals surface area (Å²) < 4.78 is 0. The van der Waals surface area contributed by atoms with Gasteiger partial charge in [-0.3, -0.25) is 14.8 Å². The van der Waals surface area contributed by atoms with Crippen LogP contribution in [0.1, 0.15) is 6.42 Å². The Labute approximate surface area is 86.6 Å². The van der Waals surface area contributed by atoms with Crippen LogP contribution in [0, 0.1) is 0 Å². The molecule has 0 aliphatic rings. The Hall–Kier alpha value is -0.790. The first-order chi connectivity index (χ1) is 6.65. The van der Waals surface area contributed by atoms with Gasteiger partial charge in [0.05, 0.1) is 6.54 Å². The van der Waals surface area contributed by atoms with Crippen molar-refractivity contribution in [3.63, 3.8) is 0 Å². The van der Waals surface area contributed by atoms with Crippen molar-refractivity contribution in [3.05, 3.63) is 0 Å². The van der Waals surface area contributed by atoms with Crippen molar-refractivity contribution in [1.82, 2.24) is 10.8 Å². The molecule has 14 heavy (non-hydrogen) atoms. The number of hydrogen-bond acceptors (Lipinski definition) is 5. The highest BCUT2D eigenvalue weighted by Gasteiger charge is 2.18. The highest BCUT2D eigenvalue weighted by Crippen LogP contribution is 2.00. The van der Waals surface area contributed by atoms with Gasteiger partial charge in [-0.1, -0.05) is 0 Å². The van der Waals surface area contributed by atoms with Crippen LogP contribution in [0.25, 0.3) is 0 Å². The van der Waals surface area contributed by atoms with E-state index in [9.17, 15) is 9.59 Å². The molecule has 0 heterocycles. The van der Waals surface area contributed by atoms with E-state index in [2.05, 4.69) is 5.32 Å². The molecule has 5 N–H and O–H groups in total. The Kier molecular flexibility index (Phi) is 7.17. The fraction of sp³-hybridized carbons (Fsp3) is 0.714. The summed E-state index contributed by atoms with van der Waals surface area (Å²) in [5.74, 6) is -0.330. The van der Waals surface area contributed by atoms with Gasteiger partial charge < -0.3 is 11.1 Å². The lowest BCUT2D eigenvalue weighted by molar-refractivity contribution is -0.134. The molecule has 0 radical (unpaired) electrons. The highest BCUT2D eigenvalue weighted by atomic mass is 32.2. The van der Waals surface area contributed by atoms with Crippen molar-refractivity contribution in [3.8, 4) is 0 Å². The number of carbonyl (C=O) groups excluding carboxylic acids is 2. The van der Waals surface area contributed by atoms with Crippen molar-refractivity contribution in [2.24, 2.45) is 5.73 Å². The lowest BCUT2D eigenvalue weighted by Gasteiger charge is -2.15. The number of thioether (sulfide) groups is 1. The molecule has 0 aromatic carbocycles. The lowest BCUT2D eigenvalue weighted by atomic mass is 10.2. The number of nitrogens with one attached hydrogen (secondary N) is 2. The molecule has 82 valence electrons. The van der Waals surface area contributed by atoms with E-state index >= 15 is 0 Å². The van der Waals surface area contributed by atoms with Gasteiger partial charge in [-0.05, 0) is 18.4 Å². The molecule has 1 atom stereocenters. The zero-order chi connectivity index (χ0) is 11.0. The minimum atomic E-state index is -0.719. The lowest BCUT2D eigenvalue weighted by Crippen LogP contribution is -2.48. The van der Waals surface area contributed by atoms with Crippen LogP contribution < -0.4 is 16.5 Å². The molecule has 0 aromatic rings. The van der Waals surface area contributed by atoms with E-state index in [1.54, 1.807) is 11.8 Å². The van der Waals surface area contributed by atoms with Crippen molar-refractivity contribution >= 4 is 23.6 Å². The number of carbonyl (C=O) groups is 2. The summed E-state index contributed by atoms with van der Waals surface area (Å²) in [5.41, 5.74) is 6.58. The van der Waals surface area contributed by atoms with Crippen molar-refractivity contribution < 1.29 is 14.8 Å². The molecule has 0 aliphatic heterocycles. The second kappa shape index (κ2) is 7.60. The van der Waals surface area contributed by atoms with E-state index < -0.39 is 17.9 Å². The first-order valence-electron chi connectivity index (χ1n) is 4.08. The minimum absolute atomic E-state index is 0.172. The van der Waals surface area contributed by atoms with Gasteiger partial charge in [0.2, 0.25) is 5.91 Å². The second-order valence-corrected chi connectivity index (χ2v) is 3.57. The van der Waals surface area contributed by atoms with E-state index in [1.807, 2.05) is 6.26 Å². The molecule has 0 rings (SSSR count). The normalized spacial score (nSPS) is 11.9. The quantitative estimate of drug-likeness (QED) is 0.329. The van der Waals surface area contributed by atoms with Crippen molar-refractivity contribution in [2.75, 3.05) is 18.6 Å². The van der Waals surface area contributed by atoms with Crippen LogP contribution in [0.5, 0.6) is 0 Å². The predicted octanol–water partition coefficient (Wildman–Crippen LogP) is -1.31. The predicted molar refractivity (Wildman–Crippen MR) is 53.9 cm³/mol. The van der Waals surface area contributed by atoms with Gasteiger partial charge in [0, 0.05) is 0 Å². The molecule has 0 saturated carbocycles. The smallest absolute Gasteiger partial charge is 0.265 e. The van der Waals surface area contributed by atoms with Crippen molar-refractivity contribution in [2.45, 2.75) is 12.5 Å². The average molecular weight is 221 g/mol. The first-order valence-corrected chi connectivity index (χ1v) is 5.47. The summed E-state index contributed by atoms with van der Waals surface area (Å²) in [4.78, 5) is 21.9. The van der Waals surface area contributed by atoms with Crippen LogP contribution >= 0.6 is 11.8 Å². The third-order valence-corrected chi connectivity index (χ3v) is 2.20. The zero-order valence-electron chi connectivity index (χ0n) is 7.95. The molecule has 0 aromatic heterocycles. The highest BCUT2D eigenvalue weighted by molar-refractivity contribution is 7.98. The number of amides is 2. The monoisotopic (exact) mass is 221 g/mol. The molecular weight excluding hydrogens is 206 g/mol. The Balaban J connectivity index is 4.09. The number of hydrogen-bond donors (Lipinski definition) is 4. The van der Waals surface area contributed by atoms with Crippen LogP contribution in [-0.2, 0) is 9.59 Å². The maximum atomic E-state index is 11.0. The molecule has 0 spiro atoms. The van der Waals surface area contributed by atoms with E-state index in [1.165, 1.54) is 5.48 Å².